The fourth-order valence-electron chi connectivity index (χ4n) is 4.05. The van der Waals surface area contributed by atoms with Gasteiger partial charge in [0.05, 0.1) is 17.6 Å². The Balaban J connectivity index is 1.72. The number of alkyl carbamates (subject to hydrolysis) is 1. The quantitative estimate of drug-likeness (QED) is 0.305. The Labute approximate surface area is 220 Å². The van der Waals surface area contributed by atoms with Gasteiger partial charge in [-0.15, -0.1) is 0 Å². The van der Waals surface area contributed by atoms with Gasteiger partial charge in [-0.05, 0) is 70.0 Å². The molecule has 0 spiro atoms. The van der Waals surface area contributed by atoms with Gasteiger partial charge in [-0.1, -0.05) is 60.7 Å². The molecule has 1 unspecified atom stereocenters. The molecular weight excluding hydrogens is 488 g/mol. The highest BCUT2D eigenvalue weighted by atomic mass is 32.2. The topological polar surface area (TPSA) is 93.7 Å². The van der Waals surface area contributed by atoms with E-state index in [1.165, 1.54) is 0 Å². The third-order valence-electron chi connectivity index (χ3n) is 5.93. The molecule has 7 nitrogen and oxygen atoms in total. The molecule has 0 aliphatic heterocycles. The Kier molecular flexibility index (Phi) is 9.70. The van der Waals surface area contributed by atoms with E-state index in [1.807, 2.05) is 74.5 Å². The van der Waals surface area contributed by atoms with Crippen LogP contribution in [0.4, 0.5) is 4.79 Å². The van der Waals surface area contributed by atoms with Crippen molar-refractivity contribution in [2.75, 3.05) is 13.2 Å². The molecule has 0 saturated heterocycles. The number of fused-ring (bicyclic) bond motifs is 1. The first-order chi connectivity index (χ1) is 17.5. The second-order valence-electron chi connectivity index (χ2n) is 10.2. The minimum absolute atomic E-state index is 0.186. The lowest BCUT2D eigenvalue weighted by atomic mass is 10.1. The number of benzene rings is 3. The average molecular weight is 527 g/mol. The zero-order chi connectivity index (χ0) is 27.1. The van der Waals surface area contributed by atoms with E-state index in [2.05, 4.69) is 10.0 Å². The van der Waals surface area contributed by atoms with Crippen LogP contribution in [0.2, 0.25) is 0 Å². The van der Waals surface area contributed by atoms with Gasteiger partial charge in [0, 0.05) is 18.0 Å². The number of amides is 1. The van der Waals surface area contributed by atoms with Crippen LogP contribution in [-0.2, 0) is 19.5 Å². The third-order valence-corrected chi connectivity index (χ3v) is 7.51. The fourth-order valence-corrected chi connectivity index (χ4v) is 5.52. The summed E-state index contributed by atoms with van der Waals surface area (Å²) in [7, 11) is -3.83. The average Bonchev–Trinajstić information content (AvgIpc) is 2.84. The molecule has 0 aliphatic rings. The number of hydrogen-bond acceptors (Lipinski definition) is 5. The minimum Gasteiger partial charge on any atom is -0.444 e. The Morgan fingerprint density at radius 3 is 2.27 bits per heavy atom. The SMILES string of the molecule is Cc1ccc(S(=O)(=O)N[C@@H](CCCNC(=O)OC(C)(C)C)COC(C)c2ccccc2)c2ccccc12. The van der Waals surface area contributed by atoms with Gasteiger partial charge in [0.2, 0.25) is 10.0 Å². The zero-order valence-corrected chi connectivity index (χ0v) is 23.1. The molecule has 200 valence electrons. The second-order valence-corrected chi connectivity index (χ2v) is 11.9. The molecule has 0 heterocycles. The summed E-state index contributed by atoms with van der Waals surface area (Å²) >= 11 is 0. The predicted octanol–water partition coefficient (Wildman–Crippen LogP) is 5.88. The van der Waals surface area contributed by atoms with Crippen LogP contribution in [0.3, 0.4) is 0 Å². The first-order valence-electron chi connectivity index (χ1n) is 12.6. The molecule has 0 saturated carbocycles. The molecule has 1 amide bonds. The van der Waals surface area contributed by atoms with Crippen molar-refractivity contribution in [3.05, 3.63) is 77.9 Å². The van der Waals surface area contributed by atoms with Crippen molar-refractivity contribution in [1.29, 1.82) is 0 Å². The summed E-state index contributed by atoms with van der Waals surface area (Å²) < 4.78 is 41.3. The number of rotatable bonds is 11. The number of nitrogens with one attached hydrogen (secondary N) is 2. The number of aryl methyl sites for hydroxylation is 1. The largest absolute Gasteiger partial charge is 0.444 e. The van der Waals surface area contributed by atoms with Gasteiger partial charge >= 0.3 is 6.09 Å². The van der Waals surface area contributed by atoms with Crippen LogP contribution in [0.15, 0.2) is 71.6 Å². The van der Waals surface area contributed by atoms with Gasteiger partial charge in [-0.25, -0.2) is 17.9 Å². The van der Waals surface area contributed by atoms with Gasteiger partial charge in [0.1, 0.15) is 5.60 Å². The molecule has 2 N–H and O–H groups in total. The second kappa shape index (κ2) is 12.5. The lowest BCUT2D eigenvalue weighted by Gasteiger charge is -2.23. The van der Waals surface area contributed by atoms with Crippen LogP contribution in [-0.4, -0.2) is 39.3 Å². The van der Waals surface area contributed by atoms with E-state index in [0.29, 0.717) is 24.8 Å². The smallest absolute Gasteiger partial charge is 0.407 e. The molecule has 2 atom stereocenters. The van der Waals surface area contributed by atoms with E-state index in [0.717, 1.165) is 16.5 Å². The lowest BCUT2D eigenvalue weighted by molar-refractivity contribution is 0.0495. The van der Waals surface area contributed by atoms with Gasteiger partial charge < -0.3 is 14.8 Å². The number of carbonyl (C=O) groups is 1. The first kappa shape index (κ1) is 28.6. The molecule has 3 aromatic carbocycles. The van der Waals surface area contributed by atoms with E-state index in [-0.39, 0.29) is 17.6 Å². The summed E-state index contributed by atoms with van der Waals surface area (Å²) in [6.07, 6.45) is 0.322. The Hall–Kier alpha value is -2.94. The Morgan fingerprint density at radius 2 is 1.59 bits per heavy atom. The van der Waals surface area contributed by atoms with E-state index in [4.69, 9.17) is 9.47 Å². The molecule has 3 rings (SSSR count). The predicted molar refractivity (Wildman–Crippen MR) is 147 cm³/mol. The van der Waals surface area contributed by atoms with Crippen molar-refractivity contribution < 1.29 is 22.7 Å². The standard InChI is InChI=1S/C29H38N2O5S/c1-21-17-18-27(26-16-10-9-15-25(21)26)37(33,34)31-24(14-11-19-30-28(32)36-29(3,4)5)20-35-22(2)23-12-7-6-8-13-23/h6-10,12-13,15-18,22,24,31H,11,14,19-20H2,1-5H3,(H,30,32)/t22?,24-/m0/s1. The van der Waals surface area contributed by atoms with Gasteiger partial charge in [0.15, 0.2) is 0 Å². The van der Waals surface area contributed by atoms with Crippen molar-refractivity contribution in [2.45, 2.75) is 70.1 Å². The molecule has 0 aliphatic carbocycles. The van der Waals surface area contributed by atoms with Crippen molar-refractivity contribution in [2.24, 2.45) is 0 Å². The van der Waals surface area contributed by atoms with Gasteiger partial charge in [-0.3, -0.25) is 0 Å². The summed E-state index contributed by atoms with van der Waals surface area (Å²) in [5.74, 6) is 0. The van der Waals surface area contributed by atoms with Gasteiger partial charge in [0.25, 0.3) is 0 Å². The maximum absolute atomic E-state index is 13.5. The van der Waals surface area contributed by atoms with Crippen LogP contribution in [0.25, 0.3) is 10.8 Å². The fraction of sp³-hybridized carbons (Fsp3) is 0.414. The Morgan fingerprint density at radius 1 is 0.946 bits per heavy atom. The maximum atomic E-state index is 13.5. The molecule has 0 fully saturated rings. The molecule has 8 heteroatoms. The number of carbonyl (C=O) groups excluding carboxylic acids is 1. The summed E-state index contributed by atoms with van der Waals surface area (Å²) in [5.41, 5.74) is 1.44. The number of ether oxygens (including phenoxy) is 2. The molecule has 0 bridgehead atoms. The Bertz CT molecular complexity index is 1290. The molecular formula is C29H38N2O5S. The number of sulfonamides is 1. The van der Waals surface area contributed by atoms with Crippen molar-refractivity contribution in [3.8, 4) is 0 Å². The molecule has 37 heavy (non-hydrogen) atoms. The molecule has 3 aromatic rings. The summed E-state index contributed by atoms with van der Waals surface area (Å²) in [5, 5.41) is 4.31. The van der Waals surface area contributed by atoms with Crippen molar-refractivity contribution >= 4 is 26.9 Å². The highest BCUT2D eigenvalue weighted by molar-refractivity contribution is 7.89. The van der Waals surface area contributed by atoms with Gasteiger partial charge in [-0.2, -0.15) is 0 Å². The van der Waals surface area contributed by atoms with E-state index in [9.17, 15) is 13.2 Å². The number of hydrogen-bond donors (Lipinski definition) is 2. The van der Waals surface area contributed by atoms with Crippen LogP contribution in [0, 0.1) is 6.92 Å². The van der Waals surface area contributed by atoms with Crippen LogP contribution in [0.1, 0.15) is 57.8 Å². The summed E-state index contributed by atoms with van der Waals surface area (Å²) in [6.45, 7) is 9.86. The monoisotopic (exact) mass is 526 g/mol. The highest BCUT2D eigenvalue weighted by Crippen LogP contribution is 2.26. The maximum Gasteiger partial charge on any atom is 0.407 e. The van der Waals surface area contributed by atoms with Crippen LogP contribution < -0.4 is 10.0 Å². The lowest BCUT2D eigenvalue weighted by Crippen LogP contribution is -2.39. The third kappa shape index (κ3) is 8.55. The summed E-state index contributed by atoms with van der Waals surface area (Å²) in [4.78, 5) is 12.2. The van der Waals surface area contributed by atoms with E-state index in [1.54, 1.807) is 26.8 Å². The van der Waals surface area contributed by atoms with E-state index < -0.39 is 27.8 Å². The molecule has 0 aromatic heterocycles. The first-order valence-corrected chi connectivity index (χ1v) is 14.1. The zero-order valence-electron chi connectivity index (χ0n) is 22.3. The summed E-state index contributed by atoms with van der Waals surface area (Å²) in [6, 6.07) is 20.3. The van der Waals surface area contributed by atoms with E-state index >= 15 is 0 Å². The van der Waals surface area contributed by atoms with Crippen molar-refractivity contribution in [1.82, 2.24) is 10.0 Å². The van der Waals surface area contributed by atoms with Crippen molar-refractivity contribution in [3.63, 3.8) is 0 Å². The highest BCUT2D eigenvalue weighted by Gasteiger charge is 2.24. The van der Waals surface area contributed by atoms with Crippen LogP contribution >= 0.6 is 0 Å². The van der Waals surface area contributed by atoms with Crippen LogP contribution in [0.5, 0.6) is 0 Å². The molecule has 0 radical (unpaired) electrons. The minimum atomic E-state index is -3.83. The normalized spacial score (nSPS) is 13.8.